The lowest BCUT2D eigenvalue weighted by atomic mass is 9.66. The van der Waals surface area contributed by atoms with Gasteiger partial charge in [0.05, 0.1) is 19.8 Å². The lowest BCUT2D eigenvalue weighted by molar-refractivity contribution is 0.122. The van der Waals surface area contributed by atoms with E-state index in [-0.39, 0.29) is 5.41 Å². The molecule has 1 saturated heterocycles. The Balaban J connectivity index is 1.37. The van der Waals surface area contributed by atoms with E-state index in [1.807, 2.05) is 0 Å². The Labute approximate surface area is 255 Å². The molecule has 0 radical (unpaired) electrons. The molecule has 1 atom stereocenters. The SMILES string of the molecule is CCN(CCOC)c1ccc(C2(c3ccc(N4CCOCC4)cc3)C=Cc3c(c4ccccc4c4ccccc34)C2)cc1. The molecule has 1 aliphatic carbocycles. The van der Waals surface area contributed by atoms with Crippen molar-refractivity contribution in [3.63, 3.8) is 0 Å². The van der Waals surface area contributed by atoms with Crippen LogP contribution < -0.4 is 9.80 Å². The number of fused-ring (bicyclic) bond motifs is 6. The van der Waals surface area contributed by atoms with Gasteiger partial charge in [0.25, 0.3) is 0 Å². The Morgan fingerprint density at radius 3 is 2.02 bits per heavy atom. The van der Waals surface area contributed by atoms with Crippen molar-refractivity contribution in [2.24, 2.45) is 0 Å². The smallest absolute Gasteiger partial charge is 0.0642 e. The summed E-state index contributed by atoms with van der Waals surface area (Å²) in [4.78, 5) is 4.81. The van der Waals surface area contributed by atoms with E-state index in [1.54, 1.807) is 7.11 Å². The minimum atomic E-state index is -0.288. The first-order chi connectivity index (χ1) is 21.2. The van der Waals surface area contributed by atoms with Crippen molar-refractivity contribution in [1.82, 2.24) is 0 Å². The third kappa shape index (κ3) is 4.99. The van der Waals surface area contributed by atoms with Gasteiger partial charge in [-0.2, -0.15) is 0 Å². The van der Waals surface area contributed by atoms with Crippen LogP contribution in [0.25, 0.3) is 27.6 Å². The Morgan fingerprint density at radius 1 is 0.767 bits per heavy atom. The number of morpholine rings is 1. The van der Waals surface area contributed by atoms with E-state index >= 15 is 0 Å². The zero-order valence-corrected chi connectivity index (χ0v) is 25.3. The van der Waals surface area contributed by atoms with Crippen LogP contribution >= 0.6 is 0 Å². The predicted molar refractivity (Wildman–Crippen MR) is 181 cm³/mol. The van der Waals surface area contributed by atoms with Crippen LogP contribution in [0.4, 0.5) is 11.4 Å². The lowest BCUT2D eigenvalue weighted by Crippen LogP contribution is -2.36. The quantitative estimate of drug-likeness (QED) is 0.178. The van der Waals surface area contributed by atoms with Gasteiger partial charge < -0.3 is 19.3 Å². The summed E-state index contributed by atoms with van der Waals surface area (Å²) < 4.78 is 11.0. The van der Waals surface area contributed by atoms with Crippen molar-refractivity contribution in [2.45, 2.75) is 18.8 Å². The van der Waals surface area contributed by atoms with E-state index in [9.17, 15) is 0 Å². The summed E-state index contributed by atoms with van der Waals surface area (Å²) >= 11 is 0. The van der Waals surface area contributed by atoms with Crippen molar-refractivity contribution in [2.75, 3.05) is 62.9 Å². The molecule has 43 heavy (non-hydrogen) atoms. The Kier molecular flexibility index (Phi) is 7.65. The largest absolute Gasteiger partial charge is 0.383 e. The molecule has 0 saturated carbocycles. The fraction of sp³-hybridized carbons (Fsp3) is 0.282. The molecule has 1 fully saturated rings. The fourth-order valence-corrected chi connectivity index (χ4v) is 7.18. The number of methoxy groups -OCH3 is 1. The molecule has 4 heteroatoms. The number of hydrogen-bond acceptors (Lipinski definition) is 4. The standard InChI is InChI=1S/C39H40N2O2/c1-3-40(22-25-42-2)31-16-12-29(13-17-31)39(30-14-18-32(19-15-30)41-23-26-43-27-24-41)21-20-37-35-10-5-4-8-33(35)34-9-6-7-11-36(34)38(37)28-39/h4-21H,3,22-28H2,1-2H3. The second-order valence-electron chi connectivity index (χ2n) is 11.7. The van der Waals surface area contributed by atoms with Gasteiger partial charge in [0.2, 0.25) is 0 Å². The van der Waals surface area contributed by atoms with E-state index in [4.69, 9.17) is 9.47 Å². The van der Waals surface area contributed by atoms with Crippen molar-refractivity contribution < 1.29 is 9.47 Å². The molecule has 1 unspecified atom stereocenters. The normalized spacial score (nSPS) is 18.2. The highest BCUT2D eigenvalue weighted by molar-refractivity contribution is 6.13. The summed E-state index contributed by atoms with van der Waals surface area (Å²) in [5.41, 5.74) is 7.63. The summed E-state index contributed by atoms with van der Waals surface area (Å²) in [6, 6.07) is 36.4. The van der Waals surface area contributed by atoms with E-state index in [0.29, 0.717) is 0 Å². The number of anilines is 2. The molecule has 7 rings (SSSR count). The molecule has 1 aliphatic heterocycles. The van der Waals surface area contributed by atoms with Crippen LogP contribution in [-0.4, -0.2) is 53.1 Å². The molecule has 5 aromatic carbocycles. The van der Waals surface area contributed by atoms with Gasteiger partial charge in [-0.15, -0.1) is 0 Å². The summed E-state index contributed by atoms with van der Waals surface area (Å²) in [5.74, 6) is 0. The molecule has 0 aromatic heterocycles. The molecular formula is C39H40N2O2. The summed E-state index contributed by atoms with van der Waals surface area (Å²) in [6.45, 7) is 8.21. The predicted octanol–water partition coefficient (Wildman–Crippen LogP) is 7.86. The fourth-order valence-electron chi connectivity index (χ4n) is 7.18. The number of ether oxygens (including phenoxy) is 2. The third-order valence-corrected chi connectivity index (χ3v) is 9.53. The number of benzene rings is 5. The monoisotopic (exact) mass is 568 g/mol. The van der Waals surface area contributed by atoms with Crippen LogP contribution in [0.5, 0.6) is 0 Å². The van der Waals surface area contributed by atoms with Gasteiger partial charge in [-0.1, -0.05) is 84.9 Å². The Morgan fingerprint density at radius 2 is 1.37 bits per heavy atom. The van der Waals surface area contributed by atoms with Gasteiger partial charge in [0.1, 0.15) is 0 Å². The van der Waals surface area contributed by atoms with Crippen LogP contribution in [0.1, 0.15) is 29.2 Å². The number of rotatable bonds is 8. The molecule has 0 bridgehead atoms. The highest BCUT2D eigenvalue weighted by Crippen LogP contribution is 2.46. The average Bonchev–Trinajstić information content (AvgIpc) is 3.09. The van der Waals surface area contributed by atoms with Gasteiger partial charge in [-0.3, -0.25) is 0 Å². The minimum Gasteiger partial charge on any atom is -0.383 e. The van der Waals surface area contributed by atoms with Crippen LogP contribution in [0.3, 0.4) is 0 Å². The molecule has 218 valence electrons. The van der Waals surface area contributed by atoms with E-state index in [0.717, 1.165) is 52.4 Å². The maximum Gasteiger partial charge on any atom is 0.0642 e. The molecule has 0 spiro atoms. The summed E-state index contributed by atoms with van der Waals surface area (Å²) in [5, 5.41) is 5.33. The molecule has 1 heterocycles. The van der Waals surface area contributed by atoms with Crippen LogP contribution in [0.2, 0.25) is 0 Å². The number of hydrogen-bond donors (Lipinski definition) is 0. The van der Waals surface area contributed by atoms with Crippen molar-refractivity contribution in [1.29, 1.82) is 0 Å². The summed E-state index contributed by atoms with van der Waals surface area (Å²) in [6.07, 6.45) is 5.77. The van der Waals surface area contributed by atoms with E-state index in [1.165, 1.54) is 55.2 Å². The zero-order chi connectivity index (χ0) is 29.2. The van der Waals surface area contributed by atoms with Crippen LogP contribution in [0.15, 0.2) is 103 Å². The van der Waals surface area contributed by atoms with E-state index in [2.05, 4.69) is 126 Å². The van der Waals surface area contributed by atoms with Gasteiger partial charge in [-0.05, 0) is 81.4 Å². The Hall–Kier alpha value is -4.12. The van der Waals surface area contributed by atoms with Crippen molar-refractivity contribution >= 4 is 39.0 Å². The van der Waals surface area contributed by atoms with Gasteiger partial charge in [0, 0.05) is 50.1 Å². The van der Waals surface area contributed by atoms with Gasteiger partial charge >= 0.3 is 0 Å². The number of likely N-dealkylation sites (N-methyl/N-ethyl adjacent to an activating group) is 1. The zero-order valence-electron chi connectivity index (χ0n) is 25.3. The average molecular weight is 569 g/mol. The maximum absolute atomic E-state index is 5.61. The molecule has 4 nitrogen and oxygen atoms in total. The topological polar surface area (TPSA) is 24.9 Å². The van der Waals surface area contributed by atoms with Gasteiger partial charge in [-0.25, -0.2) is 0 Å². The summed E-state index contributed by atoms with van der Waals surface area (Å²) in [7, 11) is 1.77. The number of allylic oxidation sites excluding steroid dienone is 1. The van der Waals surface area contributed by atoms with Gasteiger partial charge in [0.15, 0.2) is 0 Å². The minimum absolute atomic E-state index is 0.288. The van der Waals surface area contributed by atoms with Crippen LogP contribution in [0, 0.1) is 0 Å². The molecule has 0 N–H and O–H groups in total. The highest BCUT2D eigenvalue weighted by Gasteiger charge is 2.36. The lowest BCUT2D eigenvalue weighted by Gasteiger charge is -2.37. The first kappa shape index (κ1) is 27.7. The second kappa shape index (κ2) is 11.9. The van der Waals surface area contributed by atoms with E-state index < -0.39 is 0 Å². The van der Waals surface area contributed by atoms with Crippen molar-refractivity contribution in [3.05, 3.63) is 125 Å². The Bertz CT molecular complexity index is 1750. The highest BCUT2D eigenvalue weighted by atomic mass is 16.5. The molecular weight excluding hydrogens is 528 g/mol. The maximum atomic E-state index is 5.61. The molecule has 5 aromatic rings. The molecule has 2 aliphatic rings. The van der Waals surface area contributed by atoms with Crippen LogP contribution in [-0.2, 0) is 21.3 Å². The first-order valence-electron chi connectivity index (χ1n) is 15.6. The first-order valence-corrected chi connectivity index (χ1v) is 15.6. The second-order valence-corrected chi connectivity index (χ2v) is 11.7. The third-order valence-electron chi connectivity index (χ3n) is 9.53. The van der Waals surface area contributed by atoms with Crippen molar-refractivity contribution in [3.8, 4) is 0 Å². The number of nitrogens with zero attached hydrogens (tertiary/aromatic N) is 2. The molecule has 0 amide bonds.